The molecule has 3 aromatic rings. The molecule has 0 aliphatic heterocycles. The summed E-state index contributed by atoms with van der Waals surface area (Å²) in [6.45, 7) is 1.87. The Hall–Kier alpha value is -2.18. The lowest BCUT2D eigenvalue weighted by molar-refractivity contribution is 0.527. The van der Waals surface area contributed by atoms with Gasteiger partial charge < -0.3 is 4.42 Å². The molecule has 2 aromatic heterocycles. The van der Waals surface area contributed by atoms with Crippen molar-refractivity contribution in [3.05, 3.63) is 57.7 Å². The molecule has 0 unspecified atom stereocenters. The molecule has 0 aliphatic carbocycles. The number of aromatic nitrogens is 3. The summed E-state index contributed by atoms with van der Waals surface area (Å²) in [5.41, 5.74) is 0.749. The van der Waals surface area contributed by atoms with Crippen molar-refractivity contribution in [1.82, 2.24) is 14.9 Å². The molecule has 106 valence electrons. The van der Waals surface area contributed by atoms with Gasteiger partial charge in [0.2, 0.25) is 4.77 Å². The average molecular weight is 319 g/mol. The molecule has 0 aliphatic rings. The van der Waals surface area contributed by atoms with E-state index in [-0.39, 0.29) is 0 Å². The van der Waals surface area contributed by atoms with Gasteiger partial charge in [-0.25, -0.2) is 5.10 Å². The number of furan rings is 1. The molecule has 0 amide bonds. The van der Waals surface area contributed by atoms with E-state index < -0.39 is 0 Å². The van der Waals surface area contributed by atoms with E-state index in [1.165, 1.54) is 4.68 Å². The fourth-order valence-corrected chi connectivity index (χ4v) is 2.25. The van der Waals surface area contributed by atoms with Crippen LogP contribution in [0.4, 0.5) is 0 Å². The first-order valence-electron chi connectivity index (χ1n) is 6.18. The van der Waals surface area contributed by atoms with Crippen LogP contribution in [-0.2, 0) is 0 Å². The summed E-state index contributed by atoms with van der Waals surface area (Å²) in [4.78, 5) is 0. The molecule has 1 aromatic carbocycles. The average Bonchev–Trinajstić information content (AvgIpc) is 3.04. The Balaban J connectivity index is 2.04. The van der Waals surface area contributed by atoms with Crippen molar-refractivity contribution < 1.29 is 4.42 Å². The predicted octanol–water partition coefficient (Wildman–Crippen LogP) is 4.04. The summed E-state index contributed by atoms with van der Waals surface area (Å²) < 4.78 is 7.33. The maximum absolute atomic E-state index is 6.19. The Morgan fingerprint density at radius 3 is 2.86 bits per heavy atom. The zero-order valence-electron chi connectivity index (χ0n) is 11.1. The lowest BCUT2D eigenvalue weighted by Crippen LogP contribution is -1.95. The number of nitrogens with one attached hydrogen (secondary N) is 1. The molecule has 7 heteroatoms. The standard InChI is InChI=1S/C14H11ClN4OS/c1-9-6-7-10(20-9)8-16-19-13(17-18-14(19)21)11-4-2-3-5-12(11)15/h2-8H,1H3,(H,18,21)/b16-8-. The third kappa shape index (κ3) is 2.81. The minimum Gasteiger partial charge on any atom is -0.460 e. The Morgan fingerprint density at radius 2 is 2.14 bits per heavy atom. The van der Waals surface area contributed by atoms with E-state index >= 15 is 0 Å². The van der Waals surface area contributed by atoms with E-state index in [1.54, 1.807) is 12.3 Å². The molecule has 0 radical (unpaired) electrons. The topological polar surface area (TPSA) is 59.1 Å². The third-order valence-electron chi connectivity index (χ3n) is 2.83. The van der Waals surface area contributed by atoms with Gasteiger partial charge >= 0.3 is 0 Å². The zero-order valence-corrected chi connectivity index (χ0v) is 12.6. The first-order valence-corrected chi connectivity index (χ1v) is 6.97. The molecule has 0 fully saturated rings. The van der Waals surface area contributed by atoms with Crippen LogP contribution < -0.4 is 0 Å². The van der Waals surface area contributed by atoms with Crippen molar-refractivity contribution >= 4 is 30.0 Å². The van der Waals surface area contributed by atoms with Crippen LogP contribution in [0, 0.1) is 11.7 Å². The van der Waals surface area contributed by atoms with E-state index in [0.29, 0.717) is 21.4 Å². The summed E-state index contributed by atoms with van der Waals surface area (Å²) in [6.07, 6.45) is 1.58. The van der Waals surface area contributed by atoms with Crippen LogP contribution in [0.3, 0.4) is 0 Å². The van der Waals surface area contributed by atoms with Crippen LogP contribution in [-0.4, -0.2) is 21.1 Å². The molecular formula is C14H11ClN4OS. The summed E-state index contributed by atoms with van der Waals surface area (Å²) >= 11 is 11.4. The molecule has 0 spiro atoms. The van der Waals surface area contributed by atoms with Crippen LogP contribution in [0.1, 0.15) is 11.5 Å². The second kappa shape index (κ2) is 5.67. The molecule has 0 saturated carbocycles. The van der Waals surface area contributed by atoms with Crippen molar-refractivity contribution in [3.8, 4) is 11.4 Å². The lowest BCUT2D eigenvalue weighted by Gasteiger charge is -2.02. The first kappa shape index (κ1) is 13.8. The van der Waals surface area contributed by atoms with Crippen LogP contribution in [0.2, 0.25) is 5.02 Å². The van der Waals surface area contributed by atoms with Gasteiger partial charge in [-0.05, 0) is 43.4 Å². The second-order valence-electron chi connectivity index (χ2n) is 4.34. The van der Waals surface area contributed by atoms with Crippen LogP contribution >= 0.6 is 23.8 Å². The predicted molar refractivity (Wildman–Crippen MR) is 84.3 cm³/mol. The molecule has 5 nitrogen and oxygen atoms in total. The number of rotatable bonds is 3. The Labute approximate surface area is 130 Å². The number of benzene rings is 1. The maximum atomic E-state index is 6.19. The number of nitrogens with zero attached hydrogens (tertiary/aromatic N) is 3. The van der Waals surface area contributed by atoms with Gasteiger partial charge in [0.1, 0.15) is 11.5 Å². The quantitative estimate of drug-likeness (QED) is 0.585. The van der Waals surface area contributed by atoms with Crippen molar-refractivity contribution in [1.29, 1.82) is 0 Å². The Kier molecular flexibility index (Phi) is 3.72. The third-order valence-corrected chi connectivity index (χ3v) is 3.42. The molecule has 0 bridgehead atoms. The van der Waals surface area contributed by atoms with Gasteiger partial charge in [0.25, 0.3) is 0 Å². The summed E-state index contributed by atoms with van der Waals surface area (Å²) in [5, 5.41) is 11.8. The summed E-state index contributed by atoms with van der Waals surface area (Å²) in [6, 6.07) is 11.1. The highest BCUT2D eigenvalue weighted by atomic mass is 35.5. The van der Waals surface area contributed by atoms with E-state index in [4.69, 9.17) is 28.2 Å². The highest BCUT2D eigenvalue weighted by molar-refractivity contribution is 7.71. The van der Waals surface area contributed by atoms with Crippen LogP contribution in [0.5, 0.6) is 0 Å². The lowest BCUT2D eigenvalue weighted by atomic mass is 10.2. The van der Waals surface area contributed by atoms with Gasteiger partial charge in [0, 0.05) is 5.56 Å². The van der Waals surface area contributed by atoms with Gasteiger partial charge in [0.15, 0.2) is 5.82 Å². The van der Waals surface area contributed by atoms with Gasteiger partial charge in [0.05, 0.1) is 11.2 Å². The van der Waals surface area contributed by atoms with E-state index in [9.17, 15) is 0 Å². The van der Waals surface area contributed by atoms with Gasteiger partial charge in [-0.2, -0.15) is 14.9 Å². The van der Waals surface area contributed by atoms with Gasteiger partial charge in [-0.15, -0.1) is 0 Å². The van der Waals surface area contributed by atoms with E-state index in [0.717, 1.165) is 11.3 Å². The summed E-state index contributed by atoms with van der Waals surface area (Å²) in [7, 11) is 0. The van der Waals surface area contributed by atoms with Gasteiger partial charge in [-0.1, -0.05) is 23.7 Å². The fourth-order valence-electron chi connectivity index (χ4n) is 1.85. The molecule has 2 heterocycles. The van der Waals surface area contributed by atoms with Gasteiger partial charge in [-0.3, -0.25) is 0 Å². The largest absolute Gasteiger partial charge is 0.460 e. The van der Waals surface area contributed by atoms with Crippen molar-refractivity contribution in [2.24, 2.45) is 5.10 Å². The van der Waals surface area contributed by atoms with Crippen LogP contribution in [0.15, 0.2) is 45.9 Å². The minimum atomic E-state index is 0.379. The molecular weight excluding hydrogens is 308 g/mol. The van der Waals surface area contributed by atoms with Crippen LogP contribution in [0.25, 0.3) is 11.4 Å². The minimum absolute atomic E-state index is 0.379. The number of halogens is 1. The number of aryl methyl sites for hydroxylation is 1. The van der Waals surface area contributed by atoms with Crippen molar-refractivity contribution in [2.75, 3.05) is 0 Å². The first-order chi connectivity index (χ1) is 10.1. The van der Waals surface area contributed by atoms with Crippen molar-refractivity contribution in [2.45, 2.75) is 6.92 Å². The monoisotopic (exact) mass is 318 g/mol. The number of aromatic amines is 1. The zero-order chi connectivity index (χ0) is 14.8. The van der Waals surface area contributed by atoms with Crippen molar-refractivity contribution in [3.63, 3.8) is 0 Å². The molecule has 0 atom stereocenters. The SMILES string of the molecule is Cc1ccc(/C=N\n2c(-c3ccccc3Cl)n[nH]c2=S)o1. The molecule has 0 saturated heterocycles. The Morgan fingerprint density at radius 1 is 1.33 bits per heavy atom. The highest BCUT2D eigenvalue weighted by Crippen LogP contribution is 2.25. The summed E-state index contributed by atoms with van der Waals surface area (Å²) in [5.74, 6) is 2.00. The normalized spacial score (nSPS) is 11.3. The Bertz CT molecular complexity index is 862. The molecule has 3 rings (SSSR count). The fraction of sp³-hybridized carbons (Fsp3) is 0.0714. The molecule has 1 N–H and O–H groups in total. The smallest absolute Gasteiger partial charge is 0.216 e. The number of H-pyrrole nitrogens is 1. The number of hydrogen-bond donors (Lipinski definition) is 1. The maximum Gasteiger partial charge on any atom is 0.216 e. The van der Waals surface area contributed by atoms with E-state index in [1.807, 2.05) is 37.3 Å². The second-order valence-corrected chi connectivity index (χ2v) is 5.13. The molecule has 21 heavy (non-hydrogen) atoms. The number of hydrogen-bond acceptors (Lipinski definition) is 4. The van der Waals surface area contributed by atoms with E-state index in [2.05, 4.69) is 15.3 Å². The highest BCUT2D eigenvalue weighted by Gasteiger charge is 2.11.